The molecule has 1 aliphatic carbocycles. The molecule has 2 aromatic heterocycles. The Morgan fingerprint density at radius 1 is 1.08 bits per heavy atom. The molecular formula is C24H34N6O6S. The number of anilines is 1. The second kappa shape index (κ2) is 10.1. The number of aromatic nitrogens is 3. The standard InChI is InChI=1S/C24H34N6O6S/c1-17-22(18(2)36-27-17)37(32,33)30-12-10-28(11-13-30)20-14-26-21(15-25-20)34-16-19-4-8-29(9-5-19)23(31)35-24(3)6-7-24/h14-15,19H,4-13,16H2,1-3H3. The second-order valence-corrected chi connectivity index (χ2v) is 12.2. The maximum atomic E-state index is 13.0. The third-order valence-electron chi connectivity index (χ3n) is 7.37. The van der Waals surface area contributed by atoms with Crippen LogP contribution >= 0.6 is 0 Å². The lowest BCUT2D eigenvalue weighted by Crippen LogP contribution is -2.49. The fourth-order valence-corrected chi connectivity index (χ4v) is 6.43. The quantitative estimate of drug-likeness (QED) is 0.522. The summed E-state index contributed by atoms with van der Waals surface area (Å²) in [5, 5.41) is 3.77. The molecule has 0 bridgehead atoms. The van der Waals surface area contributed by atoms with Gasteiger partial charge in [-0.15, -0.1) is 0 Å². The number of likely N-dealkylation sites (tertiary alicyclic amines) is 1. The SMILES string of the molecule is Cc1noc(C)c1S(=O)(=O)N1CCN(c2cnc(OCC3CCN(C(=O)OC4(C)CC4)CC3)cn2)CC1. The lowest BCUT2D eigenvalue weighted by molar-refractivity contribution is 0.0454. The Kier molecular flexibility index (Phi) is 7.01. The van der Waals surface area contributed by atoms with E-state index in [0.29, 0.717) is 74.9 Å². The number of nitrogens with zero attached hydrogens (tertiary/aromatic N) is 6. The van der Waals surface area contributed by atoms with Gasteiger partial charge in [0.2, 0.25) is 15.9 Å². The number of piperazine rings is 1. The first-order valence-corrected chi connectivity index (χ1v) is 14.2. The molecule has 0 aromatic carbocycles. The molecule has 2 aliphatic heterocycles. The average Bonchev–Trinajstić information content (AvgIpc) is 3.52. The van der Waals surface area contributed by atoms with Gasteiger partial charge in [-0.05, 0) is 52.4 Å². The predicted molar refractivity (Wildman–Crippen MR) is 133 cm³/mol. The van der Waals surface area contributed by atoms with Crippen LogP contribution in [0.4, 0.5) is 10.6 Å². The van der Waals surface area contributed by atoms with E-state index in [0.717, 1.165) is 25.7 Å². The molecule has 13 heteroatoms. The first-order chi connectivity index (χ1) is 17.6. The molecule has 3 fully saturated rings. The molecule has 12 nitrogen and oxygen atoms in total. The van der Waals surface area contributed by atoms with Crippen LogP contribution < -0.4 is 9.64 Å². The topological polar surface area (TPSA) is 131 Å². The van der Waals surface area contributed by atoms with Crippen molar-refractivity contribution in [1.82, 2.24) is 24.3 Å². The minimum atomic E-state index is -3.66. The maximum absolute atomic E-state index is 13.0. The van der Waals surface area contributed by atoms with Crippen molar-refractivity contribution in [3.8, 4) is 5.88 Å². The Morgan fingerprint density at radius 2 is 1.78 bits per heavy atom. The van der Waals surface area contributed by atoms with Gasteiger partial charge >= 0.3 is 6.09 Å². The van der Waals surface area contributed by atoms with Crippen LogP contribution in [0.25, 0.3) is 0 Å². The van der Waals surface area contributed by atoms with Crippen molar-refractivity contribution in [2.24, 2.45) is 5.92 Å². The van der Waals surface area contributed by atoms with Crippen LogP contribution in [0.5, 0.6) is 5.88 Å². The van der Waals surface area contributed by atoms with E-state index in [1.165, 1.54) is 4.31 Å². The highest BCUT2D eigenvalue weighted by molar-refractivity contribution is 7.89. The van der Waals surface area contributed by atoms with Crippen LogP contribution in [0, 0.1) is 19.8 Å². The van der Waals surface area contributed by atoms with Gasteiger partial charge in [0.25, 0.3) is 0 Å². The third kappa shape index (κ3) is 5.66. The molecule has 1 saturated carbocycles. The summed E-state index contributed by atoms with van der Waals surface area (Å²) in [5.41, 5.74) is 0.126. The third-order valence-corrected chi connectivity index (χ3v) is 9.51. The van der Waals surface area contributed by atoms with Crippen molar-refractivity contribution in [3.05, 3.63) is 23.8 Å². The zero-order chi connectivity index (χ0) is 26.2. The Labute approximate surface area is 217 Å². The summed E-state index contributed by atoms with van der Waals surface area (Å²) in [6.07, 6.45) is 6.67. The molecule has 0 unspecified atom stereocenters. The van der Waals surface area contributed by atoms with Crippen molar-refractivity contribution in [3.63, 3.8) is 0 Å². The second-order valence-electron chi connectivity index (χ2n) is 10.3. The van der Waals surface area contributed by atoms with Gasteiger partial charge in [0, 0.05) is 39.3 Å². The summed E-state index contributed by atoms with van der Waals surface area (Å²) in [6, 6.07) is 0. The molecule has 5 rings (SSSR count). The molecule has 0 N–H and O–H groups in total. The van der Waals surface area contributed by atoms with Crippen LogP contribution in [0.2, 0.25) is 0 Å². The first-order valence-electron chi connectivity index (χ1n) is 12.8. The minimum Gasteiger partial charge on any atom is -0.476 e. The lowest BCUT2D eigenvalue weighted by Gasteiger charge is -2.34. The van der Waals surface area contributed by atoms with Gasteiger partial charge in [-0.3, -0.25) is 0 Å². The summed E-state index contributed by atoms with van der Waals surface area (Å²) >= 11 is 0. The predicted octanol–water partition coefficient (Wildman–Crippen LogP) is 2.37. The molecule has 0 atom stereocenters. The lowest BCUT2D eigenvalue weighted by atomic mass is 9.98. The normalized spacial score (nSPS) is 20.6. The number of rotatable bonds is 7. The fourth-order valence-electron chi connectivity index (χ4n) is 4.72. The number of amides is 1. The van der Waals surface area contributed by atoms with Gasteiger partial charge < -0.3 is 23.8 Å². The van der Waals surface area contributed by atoms with Crippen LogP contribution in [0.15, 0.2) is 21.8 Å². The van der Waals surface area contributed by atoms with Crippen LogP contribution in [0.3, 0.4) is 0 Å². The van der Waals surface area contributed by atoms with E-state index in [-0.39, 0.29) is 16.6 Å². The van der Waals surface area contributed by atoms with Crippen molar-refractivity contribution in [2.75, 3.05) is 50.8 Å². The highest BCUT2D eigenvalue weighted by Crippen LogP contribution is 2.39. The smallest absolute Gasteiger partial charge is 0.410 e. The Bertz CT molecular complexity index is 1190. The number of ether oxygens (including phenoxy) is 2. The minimum absolute atomic E-state index is 0.153. The number of carbonyl (C=O) groups excluding carboxylic acids is 1. The fraction of sp³-hybridized carbons (Fsp3) is 0.667. The van der Waals surface area contributed by atoms with Crippen LogP contribution in [-0.4, -0.2) is 90.3 Å². The molecule has 202 valence electrons. The molecule has 2 saturated heterocycles. The largest absolute Gasteiger partial charge is 0.476 e. The highest BCUT2D eigenvalue weighted by Gasteiger charge is 2.43. The van der Waals surface area contributed by atoms with Gasteiger partial charge in [-0.25, -0.2) is 23.2 Å². The van der Waals surface area contributed by atoms with E-state index in [9.17, 15) is 13.2 Å². The van der Waals surface area contributed by atoms with E-state index in [1.807, 2.05) is 11.8 Å². The Balaban J connectivity index is 1.07. The summed E-state index contributed by atoms with van der Waals surface area (Å²) in [4.78, 5) is 25.1. The van der Waals surface area contributed by atoms with Gasteiger partial charge in [0.15, 0.2) is 5.76 Å². The first kappa shape index (κ1) is 25.7. The number of aryl methyl sites for hydroxylation is 2. The number of hydrogen-bond donors (Lipinski definition) is 0. The van der Waals surface area contributed by atoms with Crippen LogP contribution in [0.1, 0.15) is 44.1 Å². The average molecular weight is 535 g/mol. The van der Waals surface area contributed by atoms with Crippen molar-refractivity contribution in [1.29, 1.82) is 0 Å². The van der Waals surface area contributed by atoms with E-state index >= 15 is 0 Å². The molecule has 0 radical (unpaired) electrons. The summed E-state index contributed by atoms with van der Waals surface area (Å²) in [5.74, 6) is 1.77. The number of sulfonamides is 1. The zero-order valence-corrected chi connectivity index (χ0v) is 22.4. The molecule has 2 aromatic rings. The summed E-state index contributed by atoms with van der Waals surface area (Å²) in [6.45, 7) is 8.74. The summed E-state index contributed by atoms with van der Waals surface area (Å²) in [7, 11) is -3.66. The van der Waals surface area contributed by atoms with E-state index in [1.54, 1.807) is 31.1 Å². The molecule has 37 heavy (non-hydrogen) atoms. The van der Waals surface area contributed by atoms with Crippen molar-refractivity contribution in [2.45, 2.75) is 57.0 Å². The number of hydrogen-bond acceptors (Lipinski definition) is 10. The number of carbonyl (C=O) groups is 1. The summed E-state index contributed by atoms with van der Waals surface area (Å²) < 4.78 is 44.0. The maximum Gasteiger partial charge on any atom is 0.410 e. The Morgan fingerprint density at radius 3 is 2.35 bits per heavy atom. The highest BCUT2D eigenvalue weighted by atomic mass is 32.2. The zero-order valence-electron chi connectivity index (χ0n) is 21.6. The monoisotopic (exact) mass is 534 g/mol. The molecule has 0 spiro atoms. The van der Waals surface area contributed by atoms with Gasteiger partial charge in [-0.2, -0.15) is 4.31 Å². The van der Waals surface area contributed by atoms with E-state index < -0.39 is 10.0 Å². The molecule has 3 aliphatic rings. The van der Waals surface area contributed by atoms with Crippen molar-refractivity contribution >= 4 is 21.9 Å². The van der Waals surface area contributed by atoms with Gasteiger partial charge in [0.05, 0.1) is 19.0 Å². The number of piperidine rings is 1. The van der Waals surface area contributed by atoms with Crippen molar-refractivity contribution < 1.29 is 27.2 Å². The Hall–Kier alpha value is -2.93. The van der Waals surface area contributed by atoms with Gasteiger partial charge in [0.1, 0.15) is 22.0 Å². The molecule has 1 amide bonds. The van der Waals surface area contributed by atoms with Crippen LogP contribution in [-0.2, 0) is 14.8 Å². The van der Waals surface area contributed by atoms with E-state index in [2.05, 4.69) is 15.1 Å². The van der Waals surface area contributed by atoms with E-state index in [4.69, 9.17) is 14.0 Å². The molecular weight excluding hydrogens is 500 g/mol. The van der Waals surface area contributed by atoms with Gasteiger partial charge in [-0.1, -0.05) is 5.16 Å². The molecule has 4 heterocycles.